The van der Waals surface area contributed by atoms with Crippen LogP contribution in [-0.4, -0.2) is 41.1 Å². The SMILES string of the molecule is CN(CC(N)=S)S(=O)(=O)c1c(Cl)cnn1C. The van der Waals surface area contributed by atoms with Crippen LogP contribution in [0.1, 0.15) is 0 Å². The Labute approximate surface area is 104 Å². The van der Waals surface area contributed by atoms with Crippen molar-refractivity contribution in [2.75, 3.05) is 13.6 Å². The van der Waals surface area contributed by atoms with E-state index in [1.165, 1.54) is 25.0 Å². The summed E-state index contributed by atoms with van der Waals surface area (Å²) in [5.74, 6) is 0. The molecule has 0 bridgehead atoms. The molecule has 9 heteroatoms. The van der Waals surface area contributed by atoms with Gasteiger partial charge in [-0.25, -0.2) is 8.42 Å². The zero-order valence-corrected chi connectivity index (χ0v) is 11.1. The van der Waals surface area contributed by atoms with Gasteiger partial charge in [0.1, 0.15) is 0 Å². The number of thiocarbonyl (C=S) groups is 1. The summed E-state index contributed by atoms with van der Waals surface area (Å²) in [6, 6.07) is 0. The molecular formula is C7H11ClN4O2S2. The molecular weight excluding hydrogens is 272 g/mol. The third-order valence-electron chi connectivity index (χ3n) is 1.88. The van der Waals surface area contributed by atoms with Crippen LogP contribution in [0.25, 0.3) is 0 Å². The molecule has 0 amide bonds. The fourth-order valence-corrected chi connectivity index (χ4v) is 3.16. The number of rotatable bonds is 4. The Morgan fingerprint density at radius 1 is 1.75 bits per heavy atom. The zero-order chi connectivity index (χ0) is 12.5. The molecule has 6 nitrogen and oxygen atoms in total. The molecule has 0 unspecified atom stereocenters. The highest BCUT2D eigenvalue weighted by molar-refractivity contribution is 7.89. The van der Waals surface area contributed by atoms with E-state index in [1.807, 2.05) is 0 Å². The van der Waals surface area contributed by atoms with Crippen LogP contribution in [0.3, 0.4) is 0 Å². The predicted octanol–water partition coefficient (Wildman–Crippen LogP) is -0.0199. The van der Waals surface area contributed by atoms with Gasteiger partial charge in [0.15, 0.2) is 5.03 Å². The van der Waals surface area contributed by atoms with Crippen LogP contribution >= 0.6 is 23.8 Å². The van der Waals surface area contributed by atoms with Gasteiger partial charge in [-0.2, -0.15) is 9.40 Å². The number of hydrogen-bond donors (Lipinski definition) is 1. The minimum Gasteiger partial charge on any atom is -0.392 e. The summed E-state index contributed by atoms with van der Waals surface area (Å²) in [5.41, 5.74) is 5.29. The van der Waals surface area contributed by atoms with Crippen molar-refractivity contribution in [3.63, 3.8) is 0 Å². The van der Waals surface area contributed by atoms with Crippen LogP contribution in [0.15, 0.2) is 11.2 Å². The maximum atomic E-state index is 12.0. The summed E-state index contributed by atoms with van der Waals surface area (Å²) in [4.78, 5) is 0.0874. The second-order valence-electron chi connectivity index (χ2n) is 3.15. The van der Waals surface area contributed by atoms with Gasteiger partial charge in [0.25, 0.3) is 10.0 Å². The minimum atomic E-state index is -3.72. The van der Waals surface area contributed by atoms with Crippen molar-refractivity contribution in [2.24, 2.45) is 12.8 Å². The highest BCUT2D eigenvalue weighted by Gasteiger charge is 2.27. The van der Waals surface area contributed by atoms with Crippen LogP contribution in [0.5, 0.6) is 0 Å². The Bertz CT molecular complexity index is 491. The highest BCUT2D eigenvalue weighted by Crippen LogP contribution is 2.22. The number of aromatic nitrogens is 2. The Balaban J connectivity index is 3.17. The van der Waals surface area contributed by atoms with Crippen LogP contribution < -0.4 is 5.73 Å². The normalized spacial score (nSPS) is 12.0. The molecule has 1 aromatic rings. The van der Waals surface area contributed by atoms with Crippen LogP contribution in [0.2, 0.25) is 5.02 Å². The molecule has 0 fully saturated rings. The zero-order valence-electron chi connectivity index (χ0n) is 8.71. The van der Waals surface area contributed by atoms with Crippen molar-refractivity contribution in [2.45, 2.75) is 5.03 Å². The molecule has 1 rings (SSSR count). The lowest BCUT2D eigenvalue weighted by molar-refractivity contribution is 0.493. The van der Waals surface area contributed by atoms with Crippen molar-refractivity contribution in [3.05, 3.63) is 11.2 Å². The first-order chi connectivity index (χ1) is 7.26. The average molecular weight is 283 g/mol. The molecule has 0 aliphatic heterocycles. The fourth-order valence-electron chi connectivity index (χ4n) is 1.14. The third-order valence-corrected chi connectivity index (χ3v) is 4.32. The van der Waals surface area contributed by atoms with Crippen LogP contribution in [0, 0.1) is 0 Å². The second-order valence-corrected chi connectivity index (χ2v) is 6.04. The lowest BCUT2D eigenvalue weighted by atomic mass is 10.7. The summed E-state index contributed by atoms with van der Waals surface area (Å²) in [5, 5.41) is 3.75. The van der Waals surface area contributed by atoms with Gasteiger partial charge in [-0.3, -0.25) is 4.68 Å². The van der Waals surface area contributed by atoms with Gasteiger partial charge >= 0.3 is 0 Å². The van der Waals surface area contributed by atoms with Gasteiger partial charge in [-0.15, -0.1) is 0 Å². The Kier molecular flexibility index (Phi) is 3.89. The van der Waals surface area contributed by atoms with E-state index in [9.17, 15) is 8.42 Å². The molecule has 0 aliphatic rings. The summed E-state index contributed by atoms with van der Waals surface area (Å²) < 4.78 is 26.3. The van der Waals surface area contributed by atoms with E-state index in [0.717, 1.165) is 4.31 Å². The van der Waals surface area contributed by atoms with Gasteiger partial charge in [0, 0.05) is 14.1 Å². The number of likely N-dealkylation sites (N-methyl/N-ethyl adjacent to an activating group) is 1. The first-order valence-corrected chi connectivity index (χ1v) is 6.41. The Morgan fingerprint density at radius 3 is 2.69 bits per heavy atom. The smallest absolute Gasteiger partial charge is 0.261 e. The molecule has 0 radical (unpaired) electrons. The largest absolute Gasteiger partial charge is 0.392 e. The highest BCUT2D eigenvalue weighted by atomic mass is 35.5. The third kappa shape index (κ3) is 2.51. The van der Waals surface area contributed by atoms with Crippen molar-refractivity contribution in [1.82, 2.24) is 14.1 Å². The summed E-state index contributed by atoms with van der Waals surface area (Å²) in [6.07, 6.45) is 1.27. The van der Waals surface area contributed by atoms with Crippen molar-refractivity contribution >= 4 is 38.8 Å². The number of hydrogen-bond acceptors (Lipinski definition) is 4. The first-order valence-electron chi connectivity index (χ1n) is 4.19. The molecule has 0 saturated carbocycles. The molecule has 2 N–H and O–H groups in total. The standard InChI is InChI=1S/C7H11ClN4O2S2/c1-11(4-6(9)15)16(13,14)7-5(8)3-10-12(7)2/h3H,4H2,1-2H3,(H2,9,15). The number of halogens is 1. The van der Waals surface area contributed by atoms with E-state index < -0.39 is 10.0 Å². The van der Waals surface area contributed by atoms with Crippen molar-refractivity contribution in [3.8, 4) is 0 Å². The fraction of sp³-hybridized carbons (Fsp3) is 0.429. The monoisotopic (exact) mass is 282 g/mol. The second kappa shape index (κ2) is 4.66. The Morgan fingerprint density at radius 2 is 2.31 bits per heavy atom. The summed E-state index contributed by atoms with van der Waals surface area (Å²) in [6.45, 7) is -0.0425. The molecule has 0 saturated heterocycles. The molecule has 0 aliphatic carbocycles. The molecule has 16 heavy (non-hydrogen) atoms. The minimum absolute atomic E-state index is 0.0425. The van der Waals surface area contributed by atoms with Crippen molar-refractivity contribution in [1.29, 1.82) is 0 Å². The average Bonchev–Trinajstić information content (AvgIpc) is 2.45. The Hall–Kier alpha value is -0.700. The van der Waals surface area contributed by atoms with Gasteiger partial charge in [0.2, 0.25) is 0 Å². The van der Waals surface area contributed by atoms with Gasteiger partial charge < -0.3 is 5.73 Å². The lowest BCUT2D eigenvalue weighted by Gasteiger charge is -2.16. The van der Waals surface area contributed by atoms with Crippen LogP contribution in [0.4, 0.5) is 0 Å². The van der Waals surface area contributed by atoms with E-state index >= 15 is 0 Å². The topological polar surface area (TPSA) is 81.2 Å². The molecule has 1 aromatic heterocycles. The molecule has 0 spiro atoms. The molecule has 0 aromatic carbocycles. The van der Waals surface area contributed by atoms with E-state index in [0.29, 0.717) is 0 Å². The number of nitrogens with two attached hydrogens (primary N) is 1. The van der Waals surface area contributed by atoms with Crippen LogP contribution in [-0.2, 0) is 17.1 Å². The maximum absolute atomic E-state index is 12.0. The van der Waals surface area contributed by atoms with Gasteiger partial charge in [-0.1, -0.05) is 23.8 Å². The quantitative estimate of drug-likeness (QED) is 0.785. The molecule has 1 heterocycles. The lowest BCUT2D eigenvalue weighted by Crippen LogP contribution is -2.35. The van der Waals surface area contributed by atoms with E-state index in [2.05, 4.69) is 17.3 Å². The van der Waals surface area contributed by atoms with Gasteiger partial charge in [0.05, 0.1) is 22.8 Å². The van der Waals surface area contributed by atoms with E-state index in [4.69, 9.17) is 17.3 Å². The van der Waals surface area contributed by atoms with Gasteiger partial charge in [-0.05, 0) is 0 Å². The predicted molar refractivity (Wildman–Crippen MR) is 64.8 cm³/mol. The van der Waals surface area contributed by atoms with E-state index in [-0.39, 0.29) is 21.6 Å². The maximum Gasteiger partial charge on any atom is 0.261 e. The number of sulfonamides is 1. The number of nitrogens with zero attached hydrogens (tertiary/aromatic N) is 3. The first kappa shape index (κ1) is 13.4. The molecule has 0 atom stereocenters. The summed E-state index contributed by atoms with van der Waals surface area (Å²) >= 11 is 10.4. The molecule has 90 valence electrons. The van der Waals surface area contributed by atoms with E-state index in [1.54, 1.807) is 0 Å². The number of aryl methyl sites for hydroxylation is 1. The summed E-state index contributed by atoms with van der Waals surface area (Å²) in [7, 11) is -0.851. The van der Waals surface area contributed by atoms with Crippen molar-refractivity contribution < 1.29 is 8.42 Å².